The molecule has 0 aliphatic heterocycles. The lowest BCUT2D eigenvalue weighted by molar-refractivity contribution is 0.306. The van der Waals surface area contributed by atoms with E-state index in [0.29, 0.717) is 11.6 Å². The summed E-state index contributed by atoms with van der Waals surface area (Å²) >= 11 is 0. The summed E-state index contributed by atoms with van der Waals surface area (Å²) in [6.45, 7) is 9.86. The van der Waals surface area contributed by atoms with Crippen molar-refractivity contribution in [1.82, 2.24) is 9.97 Å². The van der Waals surface area contributed by atoms with Gasteiger partial charge in [-0.05, 0) is 37.1 Å². The monoisotopic (exact) mass is 372 g/mol. The summed E-state index contributed by atoms with van der Waals surface area (Å²) in [7, 11) is -1.01. The molecule has 26 heavy (non-hydrogen) atoms. The van der Waals surface area contributed by atoms with Crippen molar-refractivity contribution in [1.29, 1.82) is 0 Å². The molecule has 0 aliphatic carbocycles. The van der Waals surface area contributed by atoms with E-state index >= 15 is 0 Å². The summed E-state index contributed by atoms with van der Waals surface area (Å²) in [4.78, 5) is 8.76. The molecule has 142 valence electrons. The Hall–Kier alpha value is -1.88. The molecular weight excluding hydrogens is 340 g/mol. The summed E-state index contributed by atoms with van der Waals surface area (Å²) in [6, 6.07) is 8.20. The molecule has 2 rings (SSSR count). The Labute approximate surface area is 158 Å². The summed E-state index contributed by atoms with van der Waals surface area (Å²) < 4.78 is 5.79. The third-order valence-electron chi connectivity index (χ3n) is 4.81. The third kappa shape index (κ3) is 6.45. The van der Waals surface area contributed by atoms with Crippen molar-refractivity contribution >= 4 is 8.07 Å². The van der Waals surface area contributed by atoms with Gasteiger partial charge in [-0.2, -0.15) is 0 Å². The van der Waals surface area contributed by atoms with Crippen LogP contribution in [0.4, 0.5) is 0 Å². The molecular formula is C21H32N2O2Si. The number of benzene rings is 1. The Kier molecular flexibility index (Phi) is 7.63. The quantitative estimate of drug-likeness (QED) is 0.421. The van der Waals surface area contributed by atoms with E-state index in [0.717, 1.165) is 24.2 Å². The maximum absolute atomic E-state index is 9.61. The highest BCUT2D eigenvalue weighted by molar-refractivity contribution is 6.77. The Bertz CT molecular complexity index is 687. The number of unbranched alkanes of at least 4 members (excludes halogenated alkanes) is 2. The molecule has 1 aromatic carbocycles. The summed E-state index contributed by atoms with van der Waals surface area (Å²) in [6.07, 6.45) is 8.46. The van der Waals surface area contributed by atoms with Gasteiger partial charge in [-0.1, -0.05) is 51.4 Å². The van der Waals surface area contributed by atoms with Crippen LogP contribution in [0.5, 0.6) is 11.5 Å². The Morgan fingerprint density at radius 2 is 1.73 bits per heavy atom. The van der Waals surface area contributed by atoms with Gasteiger partial charge < -0.3 is 9.84 Å². The number of rotatable bonds is 10. The molecule has 1 N–H and O–H groups in total. The van der Waals surface area contributed by atoms with E-state index in [2.05, 4.69) is 30.0 Å². The van der Waals surface area contributed by atoms with Gasteiger partial charge in [0.15, 0.2) is 11.6 Å². The van der Waals surface area contributed by atoms with Crippen LogP contribution in [-0.4, -0.2) is 29.8 Å². The molecule has 5 heteroatoms. The first-order chi connectivity index (χ1) is 12.4. The second kappa shape index (κ2) is 9.71. The summed E-state index contributed by atoms with van der Waals surface area (Å²) in [5, 5.41) is 9.61. The zero-order chi connectivity index (χ0) is 19.0. The molecule has 0 fully saturated rings. The number of phenols is 1. The van der Waals surface area contributed by atoms with Gasteiger partial charge in [-0.15, -0.1) is 0 Å². The highest BCUT2D eigenvalue weighted by Gasteiger charge is 2.18. The molecule has 0 aliphatic rings. The van der Waals surface area contributed by atoms with E-state index in [4.69, 9.17) is 4.74 Å². The maximum Gasteiger partial charge on any atom is 0.159 e. The normalized spacial score (nSPS) is 11.5. The SMILES string of the molecule is CCCC[Si](C)(C)CCCCOc1cnc(-c2ccc(O)c(C)c2)nc1. The molecule has 0 saturated carbocycles. The lowest BCUT2D eigenvalue weighted by Gasteiger charge is -2.21. The summed E-state index contributed by atoms with van der Waals surface area (Å²) in [5.41, 5.74) is 1.71. The van der Waals surface area contributed by atoms with Crippen LogP contribution in [-0.2, 0) is 0 Å². The van der Waals surface area contributed by atoms with E-state index in [1.807, 2.05) is 19.1 Å². The minimum absolute atomic E-state index is 0.287. The maximum atomic E-state index is 9.61. The lowest BCUT2D eigenvalue weighted by atomic mass is 10.1. The second-order valence-corrected chi connectivity index (χ2v) is 13.1. The zero-order valence-electron chi connectivity index (χ0n) is 16.6. The number of ether oxygens (including phenoxy) is 1. The van der Waals surface area contributed by atoms with Gasteiger partial charge in [-0.25, -0.2) is 9.97 Å². The molecule has 1 heterocycles. The Morgan fingerprint density at radius 3 is 2.38 bits per heavy atom. The highest BCUT2D eigenvalue weighted by Crippen LogP contribution is 2.24. The van der Waals surface area contributed by atoms with Crippen molar-refractivity contribution < 1.29 is 9.84 Å². The van der Waals surface area contributed by atoms with Gasteiger partial charge in [0.05, 0.1) is 19.0 Å². The van der Waals surface area contributed by atoms with Crippen LogP contribution in [0, 0.1) is 6.92 Å². The first-order valence-electron chi connectivity index (χ1n) is 9.66. The van der Waals surface area contributed by atoms with E-state index in [1.54, 1.807) is 18.5 Å². The van der Waals surface area contributed by atoms with Crippen molar-refractivity contribution in [2.75, 3.05) is 6.61 Å². The fourth-order valence-corrected chi connectivity index (χ4v) is 5.78. The largest absolute Gasteiger partial charge is 0.508 e. The summed E-state index contributed by atoms with van der Waals surface area (Å²) in [5.74, 6) is 1.64. The number of nitrogens with zero attached hydrogens (tertiary/aromatic N) is 2. The number of phenolic OH excluding ortho intramolecular Hbond substituents is 1. The minimum atomic E-state index is -1.01. The van der Waals surface area contributed by atoms with E-state index in [9.17, 15) is 5.11 Å². The predicted molar refractivity (Wildman–Crippen MR) is 111 cm³/mol. The van der Waals surface area contributed by atoms with Crippen LogP contribution in [0.1, 0.15) is 38.2 Å². The van der Waals surface area contributed by atoms with Gasteiger partial charge in [0, 0.05) is 13.6 Å². The van der Waals surface area contributed by atoms with Crippen LogP contribution in [0.15, 0.2) is 30.6 Å². The standard InChI is InChI=1S/C21H32N2O2Si/c1-5-6-12-26(3,4)13-8-7-11-25-19-15-22-21(23-16-19)18-9-10-20(24)17(2)14-18/h9-10,14-16,24H,5-8,11-13H2,1-4H3. The molecule has 0 spiro atoms. The molecule has 0 bridgehead atoms. The first-order valence-corrected chi connectivity index (χ1v) is 13.1. The van der Waals surface area contributed by atoms with Crippen LogP contribution in [0.2, 0.25) is 25.2 Å². The van der Waals surface area contributed by atoms with Crippen molar-refractivity contribution in [2.24, 2.45) is 0 Å². The van der Waals surface area contributed by atoms with Crippen LogP contribution in [0.25, 0.3) is 11.4 Å². The van der Waals surface area contributed by atoms with Crippen molar-refractivity contribution in [3.63, 3.8) is 0 Å². The second-order valence-electron chi connectivity index (χ2n) is 7.82. The van der Waals surface area contributed by atoms with E-state index < -0.39 is 8.07 Å². The van der Waals surface area contributed by atoms with Gasteiger partial charge in [-0.3, -0.25) is 0 Å². The van der Waals surface area contributed by atoms with Gasteiger partial charge in [0.25, 0.3) is 0 Å². The van der Waals surface area contributed by atoms with Crippen molar-refractivity contribution in [3.8, 4) is 22.9 Å². The number of hydrogen-bond acceptors (Lipinski definition) is 4. The molecule has 2 aromatic rings. The van der Waals surface area contributed by atoms with Gasteiger partial charge in [0.2, 0.25) is 0 Å². The molecule has 4 nitrogen and oxygen atoms in total. The highest BCUT2D eigenvalue weighted by atomic mass is 28.3. The zero-order valence-corrected chi connectivity index (χ0v) is 17.6. The van der Waals surface area contributed by atoms with E-state index in [1.165, 1.54) is 31.4 Å². The fraction of sp³-hybridized carbons (Fsp3) is 0.524. The van der Waals surface area contributed by atoms with Crippen LogP contribution < -0.4 is 4.74 Å². The number of aryl methyl sites for hydroxylation is 1. The van der Waals surface area contributed by atoms with Crippen LogP contribution in [0.3, 0.4) is 0 Å². The Balaban J connectivity index is 1.76. The van der Waals surface area contributed by atoms with Gasteiger partial charge in [0.1, 0.15) is 5.75 Å². The molecule has 0 amide bonds. The van der Waals surface area contributed by atoms with Gasteiger partial charge >= 0.3 is 0 Å². The third-order valence-corrected chi connectivity index (χ3v) is 8.22. The lowest BCUT2D eigenvalue weighted by Crippen LogP contribution is -2.24. The van der Waals surface area contributed by atoms with E-state index in [-0.39, 0.29) is 5.75 Å². The van der Waals surface area contributed by atoms with Crippen molar-refractivity contribution in [3.05, 3.63) is 36.2 Å². The van der Waals surface area contributed by atoms with Crippen molar-refractivity contribution in [2.45, 2.75) is 64.7 Å². The molecule has 1 aromatic heterocycles. The topological polar surface area (TPSA) is 55.2 Å². The van der Waals surface area contributed by atoms with Crippen LogP contribution >= 0.6 is 0 Å². The fourth-order valence-electron chi connectivity index (χ4n) is 3.01. The minimum Gasteiger partial charge on any atom is -0.508 e. The Morgan fingerprint density at radius 1 is 1.04 bits per heavy atom. The molecule has 0 unspecified atom stereocenters. The molecule has 0 radical (unpaired) electrons. The molecule has 0 saturated heterocycles. The number of hydrogen-bond donors (Lipinski definition) is 1. The smallest absolute Gasteiger partial charge is 0.159 e. The first kappa shape index (κ1) is 20.4. The average molecular weight is 373 g/mol. The molecule has 0 atom stereocenters. The number of aromatic nitrogens is 2. The number of aromatic hydroxyl groups is 1. The predicted octanol–water partition coefficient (Wildman–Crippen LogP) is 5.83. The average Bonchev–Trinajstić information content (AvgIpc) is 2.62.